The molecule has 6 fully saturated rings. The summed E-state index contributed by atoms with van der Waals surface area (Å²) >= 11 is 0. The smallest absolute Gasteiger partial charge is 0.309 e. The first-order valence-corrected chi connectivity index (χ1v) is 29.0. The highest BCUT2D eigenvalue weighted by atomic mass is 16.6. The topological polar surface area (TPSA) is 298 Å². The first-order chi connectivity index (χ1) is 35.7. The van der Waals surface area contributed by atoms with Crippen LogP contribution in [0.3, 0.4) is 0 Å². The molecule has 3 heterocycles. The number of nitrogens with zero attached hydrogens (tertiary/aromatic N) is 1. The molecule has 19 heteroatoms. The molecular formula is C58H107N3O16. The van der Waals surface area contributed by atoms with Gasteiger partial charge in [-0.25, -0.2) is 0 Å². The van der Waals surface area contributed by atoms with E-state index >= 15 is 0 Å². The highest BCUT2D eigenvalue weighted by Gasteiger charge is 2.69. The highest BCUT2D eigenvalue weighted by Crippen LogP contribution is 2.68. The lowest BCUT2D eigenvalue weighted by Crippen LogP contribution is -2.64. The Morgan fingerprint density at radius 1 is 0.818 bits per heavy atom. The highest BCUT2D eigenvalue weighted by molar-refractivity contribution is 5.91. The molecule has 0 bridgehead atoms. The number of carbonyl (C=O) groups excluding carboxylic acids is 3. The molecule has 3 saturated heterocycles. The Labute approximate surface area is 461 Å². The fourth-order valence-corrected chi connectivity index (χ4v) is 14.4. The molecule has 7 rings (SSSR count). The van der Waals surface area contributed by atoms with Gasteiger partial charge in [0.05, 0.1) is 42.0 Å². The molecule has 0 radical (unpaired) electrons. The molecule has 7 aliphatic rings. The Kier molecular flexibility index (Phi) is 27.6. The number of allylic oxidation sites excluding steroid dienone is 1. The van der Waals surface area contributed by atoms with Crippen molar-refractivity contribution >= 4 is 17.7 Å². The van der Waals surface area contributed by atoms with Gasteiger partial charge in [0.25, 0.3) is 5.91 Å². The lowest BCUT2D eigenvalue weighted by atomic mass is 9.45. The van der Waals surface area contributed by atoms with E-state index in [-0.39, 0.29) is 58.3 Å². The Morgan fingerprint density at radius 3 is 2.09 bits per heavy atom. The molecule has 4 unspecified atom stereocenters. The van der Waals surface area contributed by atoms with Gasteiger partial charge in [-0.05, 0) is 180 Å². The molecule has 0 spiro atoms. The van der Waals surface area contributed by atoms with Crippen LogP contribution in [0.5, 0.6) is 0 Å². The van der Waals surface area contributed by atoms with Crippen LogP contribution in [0.15, 0.2) is 11.6 Å². The molecule has 0 aromatic carbocycles. The van der Waals surface area contributed by atoms with E-state index in [1.165, 1.54) is 12.7 Å². The van der Waals surface area contributed by atoms with Gasteiger partial charge in [-0.2, -0.15) is 0 Å². The number of rotatable bonds is 8. The lowest BCUT2D eigenvalue weighted by molar-refractivity contribution is -0.263. The quantitative estimate of drug-likeness (QED) is 0.122. The van der Waals surface area contributed by atoms with Gasteiger partial charge < -0.3 is 75.5 Å². The van der Waals surface area contributed by atoms with E-state index in [4.69, 9.17) is 28.8 Å². The largest absolute Gasteiger partial charge is 0.459 e. The minimum absolute atomic E-state index is 0. The van der Waals surface area contributed by atoms with Gasteiger partial charge in [-0.3, -0.25) is 19.3 Å². The van der Waals surface area contributed by atoms with E-state index in [9.17, 15) is 45.0 Å². The van der Waals surface area contributed by atoms with E-state index in [1.807, 2.05) is 47.9 Å². The zero-order valence-corrected chi connectivity index (χ0v) is 49.3. The van der Waals surface area contributed by atoms with Crippen molar-refractivity contribution in [1.29, 1.82) is 0 Å². The summed E-state index contributed by atoms with van der Waals surface area (Å²) in [6.07, 6.45) is 6.96. The number of amides is 1. The van der Waals surface area contributed by atoms with Crippen LogP contribution >= 0.6 is 0 Å². The Morgan fingerprint density at radius 2 is 1.49 bits per heavy atom. The van der Waals surface area contributed by atoms with E-state index < -0.39 is 83.9 Å². The summed E-state index contributed by atoms with van der Waals surface area (Å²) in [6.45, 7) is 18.9. The van der Waals surface area contributed by atoms with E-state index in [2.05, 4.69) is 29.4 Å². The average molecular weight is 1100 g/mol. The van der Waals surface area contributed by atoms with Gasteiger partial charge in [0.2, 0.25) is 0 Å². The summed E-state index contributed by atoms with van der Waals surface area (Å²) in [5.41, 5.74) is -1.33. The number of cyclic esters (lactones) is 1. The predicted molar refractivity (Wildman–Crippen MR) is 293 cm³/mol. The fourth-order valence-electron chi connectivity index (χ4n) is 14.4. The summed E-state index contributed by atoms with van der Waals surface area (Å²) in [7, 11) is 6.89. The van der Waals surface area contributed by atoms with Crippen LogP contribution in [0.25, 0.3) is 0 Å². The number of fused-ring (bicyclic) bond motifs is 5. The third-order valence-electron chi connectivity index (χ3n) is 18.9. The van der Waals surface area contributed by atoms with Gasteiger partial charge >= 0.3 is 5.97 Å². The van der Waals surface area contributed by atoms with Gasteiger partial charge in [0.1, 0.15) is 18.3 Å². The summed E-state index contributed by atoms with van der Waals surface area (Å²) < 4.78 is 27.2. The molecule has 0 aromatic rings. The van der Waals surface area contributed by atoms with Crippen LogP contribution < -0.4 is 10.6 Å². The fraction of sp³-hybridized carbons (Fsp3) is 0.914. The van der Waals surface area contributed by atoms with Gasteiger partial charge in [-0.15, -0.1) is 0 Å². The number of nitrogens with one attached hydrogen (secondary N) is 2. The van der Waals surface area contributed by atoms with Crippen molar-refractivity contribution in [3.05, 3.63) is 11.6 Å². The summed E-state index contributed by atoms with van der Waals surface area (Å²) in [5, 5.41) is 78.9. The molecule has 450 valence electrons. The molecule has 3 saturated carbocycles. The maximum atomic E-state index is 14.3. The third-order valence-corrected chi connectivity index (χ3v) is 18.9. The van der Waals surface area contributed by atoms with E-state index in [1.54, 1.807) is 27.9 Å². The minimum Gasteiger partial charge on any atom is -0.459 e. The molecule has 3 aliphatic heterocycles. The van der Waals surface area contributed by atoms with Crippen molar-refractivity contribution in [1.82, 2.24) is 15.5 Å². The van der Waals surface area contributed by atoms with Crippen molar-refractivity contribution in [2.45, 2.75) is 250 Å². The number of esters is 1. The first-order valence-electron chi connectivity index (χ1n) is 29.0. The van der Waals surface area contributed by atoms with Gasteiger partial charge in [0.15, 0.2) is 24.0 Å². The standard InChI is InChI=1S/C42H70N2O9.C8H16O4.C6H12O2.C2H7N.H2O/c1-8-34-37(49)36(48)27(4)44(19-9-11-29(45)22-25(2)21-26(3)38(50)53-34)20-10-18-43-39(51)42(52-7)17-15-32-31-13-12-28-23-30(46)14-16-40(28,5)35(31)33(47)24-41(32,42)6;1-5-7(10)8(2,11-3)4-6(9)12-5;1-5-3-2-4-6(7)8-5;1-3-2;/h23,25-27,29,31-37,45,47-49H,8-22,24H2,1-7H3,(H,43,51);5-7,9-10H,4H2,1-3H3;5-7H,2-4H2,1H3;3H,1-2H3;1H2/t25-,26+,27+,29+,31?,32?,33-,34+,35?,36+,37+,40-,41-,42-;5?,6-,7+,8-;5-,6-;;/m001../s1. The van der Waals surface area contributed by atoms with Gasteiger partial charge in [-0.1, -0.05) is 40.2 Å². The maximum absolute atomic E-state index is 14.3. The normalized spacial score (nSPS) is 42.8. The summed E-state index contributed by atoms with van der Waals surface area (Å²) in [5.74, 6) is -0.0924. The van der Waals surface area contributed by atoms with Crippen molar-refractivity contribution in [2.75, 3.05) is 47.9 Å². The summed E-state index contributed by atoms with van der Waals surface area (Å²) in [4.78, 5) is 41.6. The molecule has 20 atom stereocenters. The monoisotopic (exact) mass is 1100 g/mol. The number of hydrogen-bond acceptors (Lipinski definition) is 17. The Hall–Kier alpha value is -2.21. The zero-order chi connectivity index (χ0) is 56.9. The number of ether oxygens (including phenoxy) is 5. The second-order valence-corrected chi connectivity index (χ2v) is 24.5. The Balaban J connectivity index is 0.000000534. The third kappa shape index (κ3) is 16.7. The molecule has 4 aliphatic carbocycles. The maximum Gasteiger partial charge on any atom is 0.309 e. The van der Waals surface area contributed by atoms with Crippen LogP contribution in [0.1, 0.15) is 171 Å². The van der Waals surface area contributed by atoms with Crippen molar-refractivity contribution in [3.63, 3.8) is 0 Å². The number of aliphatic hydroxyl groups excluding tert-OH is 7. The van der Waals surface area contributed by atoms with Crippen molar-refractivity contribution in [3.8, 4) is 0 Å². The molecule has 77 heavy (non-hydrogen) atoms. The molecule has 0 aromatic heterocycles. The van der Waals surface area contributed by atoms with Crippen LogP contribution in [-0.4, -0.2) is 190 Å². The SMILES string of the molecule is CC[C@H]1OC(=O)[C@H](C)C[C@H](C)C[C@H](O)CCCN(CCCNC(=O)[C@@]2(OC)CCC3C4CCC5=CC(=O)CC[C@]5(C)C4[C@@H](O)C[C@@]32C)[C@H](C)[C@@H](O)[C@@H]1O.CNC.CO[C@@]1(C)C[C@@H](O)OC(C)[C@H]1O.C[C@@H]1CCC[C@H](O)O1.O. The first kappa shape index (κ1) is 69.1. The van der Waals surface area contributed by atoms with Gasteiger partial charge in [0, 0.05) is 51.6 Å². The number of methoxy groups -OCH3 is 2. The number of hydrogen-bond donors (Lipinski definition) is 9. The van der Waals surface area contributed by atoms with E-state index in [0.29, 0.717) is 83.8 Å². The molecular weight excluding hydrogens is 995 g/mol. The van der Waals surface area contributed by atoms with Crippen LogP contribution in [-0.2, 0) is 38.1 Å². The van der Waals surface area contributed by atoms with Crippen LogP contribution in [0.4, 0.5) is 0 Å². The second-order valence-electron chi connectivity index (χ2n) is 24.5. The van der Waals surface area contributed by atoms with Crippen LogP contribution in [0.2, 0.25) is 0 Å². The second kappa shape index (κ2) is 30.7. The number of ketones is 1. The van der Waals surface area contributed by atoms with Crippen molar-refractivity contribution in [2.24, 2.45) is 40.4 Å². The average Bonchev–Trinajstić information content (AvgIpc) is 3.67. The number of aliphatic hydroxyl groups is 7. The lowest BCUT2D eigenvalue weighted by Gasteiger charge is -2.60. The summed E-state index contributed by atoms with van der Waals surface area (Å²) in [6, 6.07) is -0.474. The Bertz CT molecular complexity index is 1840. The zero-order valence-electron chi connectivity index (χ0n) is 49.3. The minimum atomic E-state index is -1.26. The van der Waals surface area contributed by atoms with E-state index in [0.717, 1.165) is 44.9 Å². The van der Waals surface area contributed by atoms with Crippen molar-refractivity contribution < 1.29 is 79.3 Å². The van der Waals surface area contributed by atoms with Crippen LogP contribution in [0, 0.1) is 40.4 Å². The molecule has 19 nitrogen and oxygen atoms in total. The molecule has 1 amide bonds. The molecule has 11 N–H and O–H groups in total. The number of carbonyl (C=O) groups is 3. The predicted octanol–water partition coefficient (Wildman–Crippen LogP) is 4.11.